The molecule has 0 radical (unpaired) electrons. The minimum atomic E-state index is 0.664. The number of rotatable bonds is 5. The summed E-state index contributed by atoms with van der Waals surface area (Å²) < 4.78 is 5.82. The van der Waals surface area contributed by atoms with Crippen LogP contribution in [0, 0.1) is 5.92 Å². The second-order valence-corrected chi connectivity index (χ2v) is 5.70. The summed E-state index contributed by atoms with van der Waals surface area (Å²) in [5.74, 6) is 1.54. The van der Waals surface area contributed by atoms with Crippen LogP contribution in [-0.4, -0.2) is 29.6 Å². The van der Waals surface area contributed by atoms with E-state index in [9.17, 15) is 0 Å². The molecule has 21 heavy (non-hydrogen) atoms. The van der Waals surface area contributed by atoms with Crippen LogP contribution in [-0.2, 0) is 6.54 Å². The topological polar surface area (TPSA) is 25.4 Å². The number of aromatic nitrogens is 1. The third-order valence-corrected chi connectivity index (χ3v) is 4.08. The highest BCUT2D eigenvalue weighted by Crippen LogP contribution is 2.20. The molecule has 0 bridgehead atoms. The van der Waals surface area contributed by atoms with E-state index in [-0.39, 0.29) is 0 Å². The second kappa shape index (κ2) is 7.23. The molecule has 0 amide bonds. The lowest BCUT2D eigenvalue weighted by atomic mass is 9.97. The van der Waals surface area contributed by atoms with E-state index in [1.807, 2.05) is 12.1 Å². The van der Waals surface area contributed by atoms with E-state index in [0.717, 1.165) is 32.0 Å². The molecule has 1 aliphatic rings. The molecule has 2 aromatic rings. The van der Waals surface area contributed by atoms with Crippen molar-refractivity contribution < 1.29 is 4.74 Å². The molecule has 1 aromatic carbocycles. The number of nitrogens with zero attached hydrogens (tertiary/aromatic N) is 2. The van der Waals surface area contributed by atoms with Crippen LogP contribution in [0.5, 0.6) is 5.75 Å². The molecule has 3 rings (SSSR count). The number of hydrogen-bond donors (Lipinski definition) is 0. The highest BCUT2D eigenvalue weighted by Gasteiger charge is 2.19. The molecule has 3 nitrogen and oxygen atoms in total. The number of hydrogen-bond acceptors (Lipinski definition) is 3. The predicted molar refractivity (Wildman–Crippen MR) is 84.2 cm³/mol. The van der Waals surface area contributed by atoms with Crippen molar-refractivity contribution in [2.45, 2.75) is 19.4 Å². The van der Waals surface area contributed by atoms with E-state index in [1.54, 1.807) is 12.4 Å². The second-order valence-electron chi connectivity index (χ2n) is 5.70. The molecule has 0 aliphatic carbocycles. The molecule has 1 aliphatic heterocycles. The highest BCUT2D eigenvalue weighted by atomic mass is 16.5. The van der Waals surface area contributed by atoms with E-state index < -0.39 is 0 Å². The Morgan fingerprint density at radius 2 is 1.86 bits per heavy atom. The van der Waals surface area contributed by atoms with Gasteiger partial charge in [0.25, 0.3) is 0 Å². The van der Waals surface area contributed by atoms with Crippen LogP contribution in [0.2, 0.25) is 0 Å². The van der Waals surface area contributed by atoms with Crippen LogP contribution in [0.4, 0.5) is 0 Å². The van der Waals surface area contributed by atoms with E-state index in [1.165, 1.54) is 18.4 Å². The highest BCUT2D eigenvalue weighted by molar-refractivity contribution is 5.15. The quantitative estimate of drug-likeness (QED) is 0.840. The molecule has 0 unspecified atom stereocenters. The Labute approximate surface area is 126 Å². The van der Waals surface area contributed by atoms with Crippen LogP contribution in [0.1, 0.15) is 18.4 Å². The van der Waals surface area contributed by atoms with Crippen LogP contribution < -0.4 is 4.74 Å². The van der Waals surface area contributed by atoms with Crippen molar-refractivity contribution in [3.8, 4) is 5.75 Å². The average Bonchev–Trinajstić information content (AvgIpc) is 2.56. The van der Waals surface area contributed by atoms with Gasteiger partial charge in [0.1, 0.15) is 5.75 Å². The Morgan fingerprint density at radius 1 is 1.05 bits per heavy atom. The molecule has 1 saturated heterocycles. The van der Waals surface area contributed by atoms with Gasteiger partial charge in [-0.1, -0.05) is 30.3 Å². The largest absolute Gasteiger partial charge is 0.492 e. The van der Waals surface area contributed by atoms with Crippen molar-refractivity contribution in [3.63, 3.8) is 0 Å². The molecule has 0 atom stereocenters. The minimum absolute atomic E-state index is 0.664. The fourth-order valence-electron chi connectivity index (χ4n) is 2.80. The number of pyridine rings is 1. The molecule has 2 heterocycles. The van der Waals surface area contributed by atoms with Gasteiger partial charge in [-0.05, 0) is 49.5 Å². The van der Waals surface area contributed by atoms with Crippen molar-refractivity contribution in [3.05, 3.63) is 60.4 Å². The van der Waals surface area contributed by atoms with E-state index in [2.05, 4.69) is 40.2 Å². The first-order valence-corrected chi connectivity index (χ1v) is 7.69. The van der Waals surface area contributed by atoms with Gasteiger partial charge in [0, 0.05) is 12.7 Å². The molecule has 0 N–H and O–H groups in total. The lowest BCUT2D eigenvalue weighted by molar-refractivity contribution is 0.136. The molecular weight excluding hydrogens is 260 g/mol. The summed E-state index contributed by atoms with van der Waals surface area (Å²) in [6, 6.07) is 14.6. The summed E-state index contributed by atoms with van der Waals surface area (Å²) in [7, 11) is 0. The third-order valence-electron chi connectivity index (χ3n) is 4.08. The van der Waals surface area contributed by atoms with Crippen LogP contribution in [0.3, 0.4) is 0 Å². The van der Waals surface area contributed by atoms with Gasteiger partial charge in [0.05, 0.1) is 12.8 Å². The lowest BCUT2D eigenvalue weighted by Gasteiger charge is -2.31. The fraction of sp³-hybridized carbons (Fsp3) is 0.389. The predicted octanol–water partition coefficient (Wildman–Crippen LogP) is 3.37. The van der Waals surface area contributed by atoms with E-state index in [4.69, 9.17) is 4.74 Å². The van der Waals surface area contributed by atoms with Gasteiger partial charge >= 0.3 is 0 Å². The van der Waals surface area contributed by atoms with Crippen molar-refractivity contribution in [2.24, 2.45) is 5.92 Å². The van der Waals surface area contributed by atoms with Gasteiger partial charge in [0.2, 0.25) is 0 Å². The Bertz CT molecular complexity index is 521. The van der Waals surface area contributed by atoms with Crippen molar-refractivity contribution in [1.82, 2.24) is 9.88 Å². The molecule has 1 fully saturated rings. The first-order valence-electron chi connectivity index (χ1n) is 7.69. The maximum atomic E-state index is 5.82. The summed E-state index contributed by atoms with van der Waals surface area (Å²) in [4.78, 5) is 6.61. The first kappa shape index (κ1) is 14.1. The van der Waals surface area contributed by atoms with E-state index >= 15 is 0 Å². The minimum Gasteiger partial charge on any atom is -0.492 e. The molecule has 0 spiro atoms. The number of likely N-dealkylation sites (tertiary alicyclic amines) is 1. The number of ether oxygens (including phenoxy) is 1. The zero-order valence-electron chi connectivity index (χ0n) is 12.3. The normalized spacial score (nSPS) is 16.8. The Hall–Kier alpha value is -1.87. The van der Waals surface area contributed by atoms with Crippen LogP contribution in [0.25, 0.3) is 0 Å². The first-order chi connectivity index (χ1) is 10.4. The molecule has 110 valence electrons. The van der Waals surface area contributed by atoms with Crippen molar-refractivity contribution >= 4 is 0 Å². The molecule has 1 aromatic heterocycles. The summed E-state index contributed by atoms with van der Waals surface area (Å²) in [6.45, 7) is 4.20. The van der Waals surface area contributed by atoms with Crippen molar-refractivity contribution in [1.29, 1.82) is 0 Å². The maximum absolute atomic E-state index is 5.82. The zero-order valence-corrected chi connectivity index (χ0v) is 12.3. The standard InChI is InChI=1S/C18H22N2O/c1-2-5-16(6-3-1)14-20-11-8-17(9-12-20)15-21-18-7-4-10-19-13-18/h1-7,10,13,17H,8-9,11-12,14-15H2. The van der Waals surface area contributed by atoms with E-state index in [0.29, 0.717) is 5.92 Å². The Kier molecular flexibility index (Phi) is 4.85. The van der Waals surface area contributed by atoms with Gasteiger partial charge in [-0.2, -0.15) is 0 Å². The monoisotopic (exact) mass is 282 g/mol. The van der Waals surface area contributed by atoms with Gasteiger partial charge < -0.3 is 4.74 Å². The summed E-state index contributed by atoms with van der Waals surface area (Å²) >= 11 is 0. The Balaban J connectivity index is 1.41. The van der Waals surface area contributed by atoms with Gasteiger partial charge in [-0.3, -0.25) is 9.88 Å². The fourth-order valence-corrected chi connectivity index (χ4v) is 2.80. The summed E-state index contributed by atoms with van der Waals surface area (Å²) in [6.07, 6.45) is 5.99. The third kappa shape index (κ3) is 4.30. The lowest BCUT2D eigenvalue weighted by Crippen LogP contribution is -2.35. The molecular formula is C18H22N2O. The van der Waals surface area contributed by atoms with Gasteiger partial charge in [-0.25, -0.2) is 0 Å². The van der Waals surface area contributed by atoms with Crippen molar-refractivity contribution in [2.75, 3.05) is 19.7 Å². The molecule has 0 saturated carbocycles. The number of benzene rings is 1. The van der Waals surface area contributed by atoms with Crippen LogP contribution >= 0.6 is 0 Å². The number of piperidine rings is 1. The zero-order chi connectivity index (χ0) is 14.3. The Morgan fingerprint density at radius 3 is 2.57 bits per heavy atom. The van der Waals surface area contributed by atoms with Gasteiger partial charge in [0.15, 0.2) is 0 Å². The molecule has 3 heteroatoms. The smallest absolute Gasteiger partial charge is 0.137 e. The average molecular weight is 282 g/mol. The summed E-state index contributed by atoms with van der Waals surface area (Å²) in [5.41, 5.74) is 1.41. The van der Waals surface area contributed by atoms with Crippen LogP contribution in [0.15, 0.2) is 54.9 Å². The SMILES string of the molecule is c1ccc(CN2CCC(COc3cccnc3)CC2)cc1. The maximum Gasteiger partial charge on any atom is 0.137 e. The van der Waals surface area contributed by atoms with Gasteiger partial charge in [-0.15, -0.1) is 0 Å². The summed E-state index contributed by atoms with van der Waals surface area (Å²) in [5, 5.41) is 0.